The molecule has 1 saturated heterocycles. The van der Waals surface area contributed by atoms with Crippen LogP contribution in [-0.2, 0) is 22.9 Å². The zero-order valence-corrected chi connectivity index (χ0v) is 11.7. The lowest BCUT2D eigenvalue weighted by Crippen LogP contribution is -2.56. The molecule has 1 spiro atoms. The standard InChI is InChI=1S/C12H19N3O2S/c1-10(2)14-5-11-3-4-13-15(11)7-12(6-14)8-18(16,17)9-12/h3-4,10H,5-9H2,1-2H3. The summed E-state index contributed by atoms with van der Waals surface area (Å²) in [5.41, 5.74) is 1.06. The first kappa shape index (κ1) is 12.2. The van der Waals surface area contributed by atoms with Crippen LogP contribution >= 0.6 is 0 Å². The normalized spacial score (nSPS) is 25.7. The highest BCUT2D eigenvalue weighted by Crippen LogP contribution is 2.38. The first-order valence-electron chi connectivity index (χ1n) is 6.34. The van der Waals surface area contributed by atoms with Gasteiger partial charge in [-0.1, -0.05) is 0 Å². The maximum Gasteiger partial charge on any atom is 0.151 e. The van der Waals surface area contributed by atoms with Crippen LogP contribution in [0.5, 0.6) is 0 Å². The summed E-state index contributed by atoms with van der Waals surface area (Å²) in [4.78, 5) is 2.36. The second kappa shape index (κ2) is 3.81. The maximum atomic E-state index is 11.6. The fraction of sp³-hybridized carbons (Fsp3) is 0.750. The minimum absolute atomic E-state index is 0.125. The fourth-order valence-corrected chi connectivity index (χ4v) is 5.28. The molecular weight excluding hydrogens is 250 g/mol. The molecule has 100 valence electrons. The van der Waals surface area contributed by atoms with E-state index in [4.69, 9.17) is 0 Å². The predicted octanol–water partition coefficient (Wildman–Crippen LogP) is 0.522. The monoisotopic (exact) mass is 269 g/mol. The zero-order chi connectivity index (χ0) is 13.0. The van der Waals surface area contributed by atoms with Gasteiger partial charge in [-0.05, 0) is 19.9 Å². The molecule has 5 nitrogen and oxygen atoms in total. The highest BCUT2D eigenvalue weighted by atomic mass is 32.2. The quantitative estimate of drug-likeness (QED) is 0.746. The van der Waals surface area contributed by atoms with Crippen molar-refractivity contribution in [3.63, 3.8) is 0 Å². The van der Waals surface area contributed by atoms with Crippen LogP contribution in [0.1, 0.15) is 19.5 Å². The van der Waals surface area contributed by atoms with Crippen molar-refractivity contribution >= 4 is 9.84 Å². The van der Waals surface area contributed by atoms with Crippen LogP contribution < -0.4 is 0 Å². The predicted molar refractivity (Wildman–Crippen MR) is 68.9 cm³/mol. The van der Waals surface area contributed by atoms with Gasteiger partial charge in [-0.15, -0.1) is 0 Å². The molecule has 6 heteroatoms. The fourth-order valence-electron chi connectivity index (χ4n) is 3.14. The molecule has 1 aromatic rings. The van der Waals surface area contributed by atoms with Gasteiger partial charge in [0.05, 0.1) is 23.7 Å². The summed E-state index contributed by atoms with van der Waals surface area (Å²) in [6, 6.07) is 2.45. The highest BCUT2D eigenvalue weighted by molar-refractivity contribution is 7.92. The zero-order valence-electron chi connectivity index (χ0n) is 10.8. The molecule has 0 amide bonds. The molecule has 0 aromatic carbocycles. The van der Waals surface area contributed by atoms with Crippen LogP contribution in [0, 0.1) is 5.41 Å². The van der Waals surface area contributed by atoms with Crippen molar-refractivity contribution in [2.45, 2.75) is 33.0 Å². The van der Waals surface area contributed by atoms with Gasteiger partial charge in [0.15, 0.2) is 9.84 Å². The third-order valence-corrected chi connectivity index (χ3v) is 6.08. The smallest absolute Gasteiger partial charge is 0.151 e. The maximum absolute atomic E-state index is 11.6. The van der Waals surface area contributed by atoms with Gasteiger partial charge < -0.3 is 0 Å². The first-order valence-corrected chi connectivity index (χ1v) is 8.17. The Morgan fingerprint density at radius 2 is 2.06 bits per heavy atom. The molecule has 3 rings (SSSR count). The van der Waals surface area contributed by atoms with Gasteiger partial charge in [0, 0.05) is 30.7 Å². The Balaban J connectivity index is 1.94. The van der Waals surface area contributed by atoms with Gasteiger partial charge in [0.1, 0.15) is 0 Å². The molecule has 0 bridgehead atoms. The number of rotatable bonds is 1. The Bertz CT molecular complexity index is 550. The van der Waals surface area contributed by atoms with Crippen molar-refractivity contribution < 1.29 is 8.42 Å². The lowest BCUT2D eigenvalue weighted by Gasteiger charge is -2.43. The summed E-state index contributed by atoms with van der Waals surface area (Å²) in [5.74, 6) is 0.616. The van der Waals surface area contributed by atoms with Gasteiger partial charge in [-0.2, -0.15) is 5.10 Å². The molecule has 3 heterocycles. The van der Waals surface area contributed by atoms with Crippen molar-refractivity contribution in [1.29, 1.82) is 0 Å². The van der Waals surface area contributed by atoms with Gasteiger partial charge in [0.2, 0.25) is 0 Å². The number of sulfone groups is 1. The van der Waals surface area contributed by atoms with E-state index in [0.717, 1.165) is 19.6 Å². The van der Waals surface area contributed by atoms with Crippen molar-refractivity contribution in [3.8, 4) is 0 Å². The van der Waals surface area contributed by atoms with E-state index in [9.17, 15) is 8.42 Å². The van der Waals surface area contributed by atoms with E-state index in [1.54, 1.807) is 6.20 Å². The molecule has 0 unspecified atom stereocenters. The van der Waals surface area contributed by atoms with Gasteiger partial charge in [0.25, 0.3) is 0 Å². The van der Waals surface area contributed by atoms with Crippen LogP contribution in [0.25, 0.3) is 0 Å². The van der Waals surface area contributed by atoms with Crippen LogP contribution in [0.4, 0.5) is 0 Å². The van der Waals surface area contributed by atoms with E-state index in [0.29, 0.717) is 17.5 Å². The number of fused-ring (bicyclic) bond motifs is 1. The summed E-state index contributed by atoms with van der Waals surface area (Å²) in [6.45, 7) is 6.77. The van der Waals surface area contributed by atoms with E-state index >= 15 is 0 Å². The van der Waals surface area contributed by atoms with E-state index < -0.39 is 9.84 Å². The summed E-state index contributed by atoms with van der Waals surface area (Å²) >= 11 is 0. The van der Waals surface area contributed by atoms with E-state index in [2.05, 4.69) is 23.8 Å². The van der Waals surface area contributed by atoms with E-state index in [-0.39, 0.29) is 5.41 Å². The van der Waals surface area contributed by atoms with E-state index in [1.165, 1.54) is 5.69 Å². The molecule has 1 fully saturated rings. The van der Waals surface area contributed by atoms with Crippen molar-refractivity contribution in [1.82, 2.24) is 14.7 Å². The Hall–Kier alpha value is -0.880. The van der Waals surface area contributed by atoms with Gasteiger partial charge >= 0.3 is 0 Å². The molecule has 0 atom stereocenters. The number of hydrogen-bond acceptors (Lipinski definition) is 4. The Morgan fingerprint density at radius 3 is 2.67 bits per heavy atom. The average Bonchev–Trinajstić information content (AvgIpc) is 2.55. The molecule has 18 heavy (non-hydrogen) atoms. The topological polar surface area (TPSA) is 55.2 Å². The molecular formula is C12H19N3O2S. The number of hydrogen-bond donors (Lipinski definition) is 0. The Kier molecular flexibility index (Phi) is 2.57. The molecule has 0 N–H and O–H groups in total. The summed E-state index contributed by atoms with van der Waals surface area (Å²) in [5, 5.41) is 4.33. The second-order valence-corrected chi connectivity index (χ2v) is 8.08. The molecule has 2 aliphatic rings. The highest BCUT2D eigenvalue weighted by Gasteiger charge is 2.51. The molecule has 0 saturated carbocycles. The van der Waals surface area contributed by atoms with Crippen molar-refractivity contribution in [3.05, 3.63) is 18.0 Å². The number of nitrogens with zero attached hydrogens (tertiary/aromatic N) is 3. The largest absolute Gasteiger partial charge is 0.294 e. The summed E-state index contributed by atoms with van der Waals surface area (Å²) in [6.07, 6.45) is 1.81. The third-order valence-electron chi connectivity index (χ3n) is 3.98. The van der Waals surface area contributed by atoms with E-state index in [1.807, 2.05) is 10.7 Å². The molecule has 0 radical (unpaired) electrons. The summed E-state index contributed by atoms with van der Waals surface area (Å²) < 4.78 is 25.1. The van der Waals surface area contributed by atoms with Crippen LogP contribution in [-0.4, -0.2) is 47.2 Å². The lowest BCUT2D eigenvalue weighted by molar-refractivity contribution is 0.134. The van der Waals surface area contributed by atoms with Gasteiger partial charge in [-0.25, -0.2) is 8.42 Å². The second-order valence-electron chi connectivity index (χ2n) is 6.01. The van der Waals surface area contributed by atoms with Crippen LogP contribution in [0.2, 0.25) is 0 Å². The average molecular weight is 269 g/mol. The molecule has 2 aliphatic heterocycles. The molecule has 0 aliphatic carbocycles. The van der Waals surface area contributed by atoms with Crippen LogP contribution in [0.3, 0.4) is 0 Å². The van der Waals surface area contributed by atoms with Crippen molar-refractivity contribution in [2.24, 2.45) is 5.41 Å². The van der Waals surface area contributed by atoms with Crippen molar-refractivity contribution in [2.75, 3.05) is 18.1 Å². The molecule has 1 aromatic heterocycles. The first-order chi connectivity index (χ1) is 8.39. The lowest BCUT2D eigenvalue weighted by atomic mass is 9.91. The minimum atomic E-state index is -2.81. The van der Waals surface area contributed by atoms with Crippen LogP contribution in [0.15, 0.2) is 12.3 Å². The Morgan fingerprint density at radius 1 is 1.33 bits per heavy atom. The Labute approximate surface area is 108 Å². The van der Waals surface area contributed by atoms with Gasteiger partial charge in [-0.3, -0.25) is 9.58 Å². The minimum Gasteiger partial charge on any atom is -0.294 e. The third kappa shape index (κ3) is 1.97. The number of aromatic nitrogens is 2. The summed E-state index contributed by atoms with van der Waals surface area (Å²) in [7, 11) is -2.81. The SMILES string of the molecule is CC(C)N1Cc2ccnn2CC2(C1)CS(=O)(=O)C2.